The lowest BCUT2D eigenvalue weighted by molar-refractivity contribution is 0.0404. The molecule has 0 spiro atoms. The lowest BCUT2D eigenvalue weighted by Gasteiger charge is -2.25. The Kier molecular flexibility index (Phi) is 7.82. The predicted octanol–water partition coefficient (Wildman–Crippen LogP) is 2.33. The molecule has 1 aliphatic carbocycles. The van der Waals surface area contributed by atoms with Crippen molar-refractivity contribution in [1.29, 1.82) is 0 Å². The van der Waals surface area contributed by atoms with E-state index in [1.165, 1.54) is 38.5 Å². The van der Waals surface area contributed by atoms with Crippen LogP contribution in [0.15, 0.2) is 0 Å². The van der Waals surface area contributed by atoms with Crippen molar-refractivity contribution in [3.05, 3.63) is 0 Å². The van der Waals surface area contributed by atoms with Crippen LogP contribution in [0.25, 0.3) is 0 Å². The molecule has 1 fully saturated rings. The Morgan fingerprint density at radius 1 is 1.24 bits per heavy atom. The largest absolute Gasteiger partial charge is 0.389 e. The van der Waals surface area contributed by atoms with Gasteiger partial charge in [0.05, 0.1) is 12.7 Å². The molecular formula is C14H29NO2. The van der Waals surface area contributed by atoms with E-state index in [0.717, 1.165) is 5.92 Å². The van der Waals surface area contributed by atoms with Crippen molar-refractivity contribution in [2.45, 2.75) is 64.5 Å². The summed E-state index contributed by atoms with van der Waals surface area (Å²) in [6, 6.07) is 0.518. The van der Waals surface area contributed by atoms with Gasteiger partial charge in [0.25, 0.3) is 0 Å². The maximum Gasteiger partial charge on any atom is 0.0897 e. The second kappa shape index (κ2) is 8.90. The maximum atomic E-state index is 9.70. The first kappa shape index (κ1) is 14.9. The van der Waals surface area contributed by atoms with Crippen LogP contribution in [0.4, 0.5) is 0 Å². The molecule has 2 atom stereocenters. The first-order valence-corrected chi connectivity index (χ1v) is 7.23. The number of nitrogens with one attached hydrogen (secondary N) is 1. The Morgan fingerprint density at radius 3 is 2.47 bits per heavy atom. The van der Waals surface area contributed by atoms with Crippen molar-refractivity contribution in [1.82, 2.24) is 5.32 Å². The Labute approximate surface area is 106 Å². The van der Waals surface area contributed by atoms with Gasteiger partial charge in [0.2, 0.25) is 0 Å². The minimum Gasteiger partial charge on any atom is -0.389 e. The molecule has 0 bridgehead atoms. The number of hydrogen-bond acceptors (Lipinski definition) is 3. The average molecular weight is 243 g/mol. The van der Waals surface area contributed by atoms with E-state index in [-0.39, 0.29) is 6.10 Å². The Bertz CT molecular complexity index is 179. The van der Waals surface area contributed by atoms with Crippen molar-refractivity contribution in [2.24, 2.45) is 5.92 Å². The van der Waals surface area contributed by atoms with Gasteiger partial charge in [0.15, 0.2) is 0 Å². The molecule has 0 aliphatic heterocycles. The summed E-state index contributed by atoms with van der Waals surface area (Å²) in [6.45, 7) is 5.98. The highest BCUT2D eigenvalue weighted by Gasteiger charge is 2.19. The molecule has 0 saturated heterocycles. The van der Waals surface area contributed by atoms with Gasteiger partial charge in [-0.15, -0.1) is 0 Å². The molecule has 3 nitrogen and oxygen atoms in total. The van der Waals surface area contributed by atoms with E-state index < -0.39 is 0 Å². The van der Waals surface area contributed by atoms with Crippen molar-refractivity contribution in [3.8, 4) is 0 Å². The molecule has 0 heterocycles. The highest BCUT2D eigenvalue weighted by Crippen LogP contribution is 2.25. The third kappa shape index (κ3) is 6.39. The van der Waals surface area contributed by atoms with Crippen LogP contribution < -0.4 is 5.32 Å². The Hall–Kier alpha value is -0.120. The molecule has 102 valence electrons. The van der Waals surface area contributed by atoms with Crippen LogP contribution in [0.5, 0.6) is 0 Å². The molecular weight excluding hydrogens is 214 g/mol. The third-order valence-electron chi connectivity index (χ3n) is 3.80. The zero-order chi connectivity index (χ0) is 12.5. The zero-order valence-electron chi connectivity index (χ0n) is 11.5. The molecule has 0 amide bonds. The summed E-state index contributed by atoms with van der Waals surface area (Å²) in [7, 11) is 0. The Morgan fingerprint density at radius 2 is 1.88 bits per heavy atom. The van der Waals surface area contributed by atoms with Crippen LogP contribution in [0.3, 0.4) is 0 Å². The molecule has 2 N–H and O–H groups in total. The van der Waals surface area contributed by atoms with Gasteiger partial charge in [-0.25, -0.2) is 0 Å². The summed E-state index contributed by atoms with van der Waals surface area (Å²) in [6.07, 6.45) is 7.86. The highest BCUT2D eigenvalue weighted by molar-refractivity contribution is 4.76. The van der Waals surface area contributed by atoms with Gasteiger partial charge >= 0.3 is 0 Å². The number of aliphatic hydroxyl groups excluding tert-OH is 1. The van der Waals surface area contributed by atoms with Gasteiger partial charge in [-0.3, -0.25) is 0 Å². The molecule has 0 radical (unpaired) electrons. The zero-order valence-corrected chi connectivity index (χ0v) is 11.5. The van der Waals surface area contributed by atoms with E-state index in [4.69, 9.17) is 4.74 Å². The first-order chi connectivity index (χ1) is 8.24. The smallest absolute Gasteiger partial charge is 0.0897 e. The topological polar surface area (TPSA) is 41.5 Å². The molecule has 0 aromatic rings. The minimum atomic E-state index is -0.372. The normalized spacial score (nSPS) is 22.1. The summed E-state index contributed by atoms with van der Waals surface area (Å²) in [5.41, 5.74) is 0. The van der Waals surface area contributed by atoms with Crippen molar-refractivity contribution in [2.75, 3.05) is 19.8 Å². The number of hydrogen-bond donors (Lipinski definition) is 2. The Balaban J connectivity index is 2.16. The van der Waals surface area contributed by atoms with E-state index >= 15 is 0 Å². The monoisotopic (exact) mass is 243 g/mol. The fraction of sp³-hybridized carbons (Fsp3) is 1.00. The summed E-state index contributed by atoms with van der Waals surface area (Å²) in [5.74, 6) is 0.789. The summed E-state index contributed by atoms with van der Waals surface area (Å²) in [4.78, 5) is 0. The summed E-state index contributed by atoms with van der Waals surface area (Å²) in [5, 5.41) is 13.2. The van der Waals surface area contributed by atoms with E-state index in [2.05, 4.69) is 12.2 Å². The number of aliphatic hydroxyl groups is 1. The van der Waals surface area contributed by atoms with Crippen LogP contribution in [0.2, 0.25) is 0 Å². The van der Waals surface area contributed by atoms with Gasteiger partial charge in [0, 0.05) is 19.2 Å². The molecule has 0 aromatic carbocycles. The van der Waals surface area contributed by atoms with Crippen molar-refractivity contribution < 1.29 is 9.84 Å². The van der Waals surface area contributed by atoms with Gasteiger partial charge < -0.3 is 15.2 Å². The van der Waals surface area contributed by atoms with Crippen LogP contribution in [0.1, 0.15) is 52.4 Å². The van der Waals surface area contributed by atoms with Crippen molar-refractivity contribution >= 4 is 0 Å². The molecule has 1 saturated carbocycles. The van der Waals surface area contributed by atoms with E-state index in [1.54, 1.807) is 0 Å². The van der Waals surface area contributed by atoms with Gasteiger partial charge in [-0.1, -0.05) is 25.7 Å². The van der Waals surface area contributed by atoms with Crippen LogP contribution in [0, 0.1) is 5.92 Å². The SMILES string of the molecule is CCOCC(O)CN[C@H](C)C1CCCCCC1. The first-order valence-electron chi connectivity index (χ1n) is 7.23. The number of ether oxygens (including phenoxy) is 1. The third-order valence-corrected chi connectivity index (χ3v) is 3.80. The second-order valence-corrected chi connectivity index (χ2v) is 5.26. The molecule has 3 heteroatoms. The van der Waals surface area contributed by atoms with Gasteiger partial charge in [-0.2, -0.15) is 0 Å². The standard InChI is InChI=1S/C14H29NO2/c1-3-17-11-14(16)10-15-12(2)13-8-6-4-5-7-9-13/h12-16H,3-11H2,1-2H3/t12-,14?/m1/s1. The summed E-state index contributed by atoms with van der Waals surface area (Å²) >= 11 is 0. The van der Waals surface area contributed by atoms with E-state index in [9.17, 15) is 5.11 Å². The second-order valence-electron chi connectivity index (χ2n) is 5.26. The maximum absolute atomic E-state index is 9.70. The van der Waals surface area contributed by atoms with Gasteiger partial charge in [-0.05, 0) is 32.6 Å². The van der Waals surface area contributed by atoms with E-state index in [0.29, 0.717) is 25.8 Å². The highest BCUT2D eigenvalue weighted by atomic mass is 16.5. The van der Waals surface area contributed by atoms with Crippen LogP contribution in [-0.4, -0.2) is 37.0 Å². The van der Waals surface area contributed by atoms with Crippen molar-refractivity contribution in [3.63, 3.8) is 0 Å². The molecule has 1 rings (SSSR count). The minimum absolute atomic E-state index is 0.372. The fourth-order valence-corrected chi connectivity index (χ4v) is 2.61. The van der Waals surface area contributed by atoms with E-state index in [1.807, 2.05) is 6.92 Å². The lowest BCUT2D eigenvalue weighted by atomic mass is 9.93. The summed E-state index contributed by atoms with van der Waals surface area (Å²) < 4.78 is 5.20. The molecule has 0 aromatic heterocycles. The number of rotatable bonds is 7. The fourth-order valence-electron chi connectivity index (χ4n) is 2.61. The van der Waals surface area contributed by atoms with Gasteiger partial charge in [0.1, 0.15) is 0 Å². The molecule has 1 aliphatic rings. The predicted molar refractivity (Wildman–Crippen MR) is 71.2 cm³/mol. The lowest BCUT2D eigenvalue weighted by Crippen LogP contribution is -2.39. The molecule has 17 heavy (non-hydrogen) atoms. The quantitative estimate of drug-likeness (QED) is 0.674. The molecule has 1 unspecified atom stereocenters. The average Bonchev–Trinajstić information content (AvgIpc) is 2.62. The van der Waals surface area contributed by atoms with Crippen LogP contribution in [-0.2, 0) is 4.74 Å². The van der Waals surface area contributed by atoms with Crippen LogP contribution >= 0.6 is 0 Å².